The Kier molecular flexibility index (Phi) is 6.36. The van der Waals surface area contributed by atoms with Gasteiger partial charge >= 0.3 is 11.8 Å². The first-order valence-corrected chi connectivity index (χ1v) is 11.5. The number of anilines is 1. The van der Waals surface area contributed by atoms with Crippen molar-refractivity contribution in [1.82, 2.24) is 5.32 Å². The number of rotatable bonds is 7. The van der Waals surface area contributed by atoms with Crippen molar-refractivity contribution < 1.29 is 14.3 Å². The number of nitrogens with one attached hydrogen (secondary N) is 2. The van der Waals surface area contributed by atoms with Crippen molar-refractivity contribution in [3.8, 4) is 0 Å². The average molecular weight is 451 g/mol. The van der Waals surface area contributed by atoms with Gasteiger partial charge in [-0.15, -0.1) is 0 Å². The van der Waals surface area contributed by atoms with Gasteiger partial charge in [0.15, 0.2) is 0 Å². The van der Waals surface area contributed by atoms with Gasteiger partial charge in [-0.1, -0.05) is 78.9 Å². The molecular formula is C29H26N2O3. The fourth-order valence-electron chi connectivity index (χ4n) is 4.51. The smallest absolute Gasteiger partial charge is 0.313 e. The fourth-order valence-corrected chi connectivity index (χ4v) is 4.51. The second-order valence-electron chi connectivity index (χ2n) is 8.50. The van der Waals surface area contributed by atoms with E-state index in [1.54, 1.807) is 0 Å². The summed E-state index contributed by atoms with van der Waals surface area (Å²) in [5.74, 6) is -1.33. The van der Waals surface area contributed by atoms with E-state index in [4.69, 9.17) is 4.74 Å². The van der Waals surface area contributed by atoms with Crippen molar-refractivity contribution in [1.29, 1.82) is 0 Å². The monoisotopic (exact) mass is 450 g/mol. The van der Waals surface area contributed by atoms with Crippen molar-refractivity contribution in [2.75, 3.05) is 5.32 Å². The summed E-state index contributed by atoms with van der Waals surface area (Å²) in [6.45, 7) is 1.19. The molecule has 0 radical (unpaired) electrons. The van der Waals surface area contributed by atoms with Gasteiger partial charge in [0, 0.05) is 17.6 Å². The van der Waals surface area contributed by atoms with Crippen LogP contribution in [0.1, 0.15) is 27.8 Å². The molecule has 170 valence electrons. The van der Waals surface area contributed by atoms with Crippen molar-refractivity contribution in [3.05, 3.63) is 113 Å². The van der Waals surface area contributed by atoms with Crippen LogP contribution >= 0.6 is 0 Å². The molecule has 0 heterocycles. The molecule has 1 aliphatic rings. The van der Waals surface area contributed by atoms with Gasteiger partial charge in [0.1, 0.15) is 0 Å². The molecule has 4 aromatic rings. The number of amides is 2. The molecule has 5 nitrogen and oxygen atoms in total. The quantitative estimate of drug-likeness (QED) is 0.393. The van der Waals surface area contributed by atoms with Crippen molar-refractivity contribution in [2.24, 2.45) is 0 Å². The van der Waals surface area contributed by atoms with Crippen LogP contribution < -0.4 is 10.6 Å². The van der Waals surface area contributed by atoms with Gasteiger partial charge in [-0.2, -0.15) is 0 Å². The van der Waals surface area contributed by atoms with Gasteiger partial charge in [-0.25, -0.2) is 0 Å². The fraction of sp³-hybridized carbons (Fsp3) is 0.172. The molecule has 4 aromatic carbocycles. The van der Waals surface area contributed by atoms with Crippen LogP contribution in [0, 0.1) is 0 Å². The van der Waals surface area contributed by atoms with Gasteiger partial charge in [-0.05, 0) is 52.1 Å². The number of carbonyl (C=O) groups excluding carboxylic acids is 2. The predicted octanol–water partition coefficient (Wildman–Crippen LogP) is 4.91. The lowest BCUT2D eigenvalue weighted by atomic mass is 10.0. The van der Waals surface area contributed by atoms with E-state index in [1.165, 1.54) is 16.5 Å². The zero-order valence-electron chi connectivity index (χ0n) is 18.8. The second-order valence-corrected chi connectivity index (χ2v) is 8.50. The van der Waals surface area contributed by atoms with Crippen molar-refractivity contribution in [2.45, 2.75) is 32.6 Å². The first-order chi connectivity index (χ1) is 16.7. The topological polar surface area (TPSA) is 67.4 Å². The predicted molar refractivity (Wildman–Crippen MR) is 133 cm³/mol. The van der Waals surface area contributed by atoms with Crippen molar-refractivity contribution in [3.63, 3.8) is 0 Å². The minimum absolute atomic E-state index is 0.251. The summed E-state index contributed by atoms with van der Waals surface area (Å²) in [6.07, 6.45) is 2.03. The van der Waals surface area contributed by atoms with Gasteiger partial charge in [0.05, 0.1) is 13.2 Å². The number of aryl methyl sites for hydroxylation is 2. The SMILES string of the molecule is O=C(NCc1ccccc1COCc1ccccc1)C(=O)Nc1ccc2c3c(cccc13)CC2. The van der Waals surface area contributed by atoms with Gasteiger partial charge in [0.25, 0.3) is 0 Å². The van der Waals surface area contributed by atoms with E-state index in [-0.39, 0.29) is 6.54 Å². The van der Waals surface area contributed by atoms with Gasteiger partial charge < -0.3 is 15.4 Å². The molecule has 0 spiro atoms. The minimum atomic E-state index is -0.670. The molecule has 5 rings (SSSR count). The molecule has 2 amide bonds. The molecule has 0 aromatic heterocycles. The zero-order valence-corrected chi connectivity index (χ0v) is 18.8. The third kappa shape index (κ3) is 4.70. The summed E-state index contributed by atoms with van der Waals surface area (Å²) in [5, 5.41) is 7.72. The maximum Gasteiger partial charge on any atom is 0.313 e. The Morgan fingerprint density at radius 1 is 0.706 bits per heavy atom. The molecule has 0 aliphatic heterocycles. The third-order valence-electron chi connectivity index (χ3n) is 6.26. The third-order valence-corrected chi connectivity index (χ3v) is 6.26. The largest absolute Gasteiger partial charge is 0.372 e. The minimum Gasteiger partial charge on any atom is -0.372 e. The summed E-state index contributed by atoms with van der Waals surface area (Å²) < 4.78 is 5.85. The summed E-state index contributed by atoms with van der Waals surface area (Å²) in [7, 11) is 0. The Bertz CT molecular complexity index is 1340. The zero-order chi connectivity index (χ0) is 23.3. The Balaban J connectivity index is 1.20. The molecule has 0 atom stereocenters. The number of carbonyl (C=O) groups is 2. The standard InChI is InChI=1S/C29H26N2O3/c32-28(29(33)31-26-16-15-22-14-13-21-11-6-12-25(26)27(21)22)30-17-23-9-4-5-10-24(23)19-34-18-20-7-2-1-3-8-20/h1-12,15-16H,13-14,17-19H2,(H,30,32)(H,31,33). The van der Waals surface area contributed by atoms with E-state index in [1.807, 2.05) is 78.9 Å². The summed E-state index contributed by atoms with van der Waals surface area (Å²) in [6, 6.07) is 27.8. The van der Waals surface area contributed by atoms with Crippen LogP contribution in [0.15, 0.2) is 84.9 Å². The summed E-state index contributed by atoms with van der Waals surface area (Å²) >= 11 is 0. The lowest BCUT2D eigenvalue weighted by Gasteiger charge is -2.13. The molecular weight excluding hydrogens is 424 g/mol. The number of ether oxygens (including phenoxy) is 1. The molecule has 0 unspecified atom stereocenters. The highest BCUT2D eigenvalue weighted by molar-refractivity contribution is 6.40. The molecule has 1 aliphatic carbocycles. The second kappa shape index (κ2) is 9.89. The lowest BCUT2D eigenvalue weighted by molar-refractivity contribution is -0.136. The average Bonchev–Trinajstić information content (AvgIpc) is 3.30. The van der Waals surface area contributed by atoms with E-state index >= 15 is 0 Å². The van der Waals surface area contributed by atoms with Crippen LogP contribution in [0.25, 0.3) is 10.8 Å². The molecule has 0 saturated carbocycles. The Morgan fingerprint density at radius 3 is 2.26 bits per heavy atom. The number of benzene rings is 4. The van der Waals surface area contributed by atoms with E-state index in [9.17, 15) is 9.59 Å². The van der Waals surface area contributed by atoms with Crippen LogP contribution in [-0.2, 0) is 46.9 Å². The van der Waals surface area contributed by atoms with E-state index < -0.39 is 11.8 Å². The van der Waals surface area contributed by atoms with Crippen LogP contribution in [-0.4, -0.2) is 11.8 Å². The maximum atomic E-state index is 12.6. The summed E-state index contributed by atoms with van der Waals surface area (Å²) in [5.41, 5.74) is 6.25. The first kappa shape index (κ1) is 21.9. The van der Waals surface area contributed by atoms with E-state index in [2.05, 4.69) is 16.7 Å². The van der Waals surface area contributed by atoms with E-state index in [0.717, 1.165) is 34.9 Å². The Morgan fingerprint density at radius 2 is 1.44 bits per heavy atom. The van der Waals surface area contributed by atoms with Crippen LogP contribution in [0.2, 0.25) is 0 Å². The van der Waals surface area contributed by atoms with Crippen LogP contribution in [0.5, 0.6) is 0 Å². The van der Waals surface area contributed by atoms with Crippen molar-refractivity contribution >= 4 is 28.3 Å². The molecule has 0 saturated heterocycles. The molecule has 0 bridgehead atoms. The lowest BCUT2D eigenvalue weighted by Crippen LogP contribution is -2.35. The van der Waals surface area contributed by atoms with Gasteiger partial charge in [0.2, 0.25) is 0 Å². The highest BCUT2D eigenvalue weighted by Crippen LogP contribution is 2.34. The Hall–Kier alpha value is -3.96. The van der Waals surface area contributed by atoms with Crippen LogP contribution in [0.3, 0.4) is 0 Å². The number of hydrogen-bond donors (Lipinski definition) is 2. The van der Waals surface area contributed by atoms with Crippen LogP contribution in [0.4, 0.5) is 5.69 Å². The highest BCUT2D eigenvalue weighted by Gasteiger charge is 2.19. The maximum absolute atomic E-state index is 12.6. The highest BCUT2D eigenvalue weighted by atomic mass is 16.5. The molecule has 5 heteroatoms. The molecule has 0 fully saturated rings. The van der Waals surface area contributed by atoms with Gasteiger partial charge in [-0.3, -0.25) is 9.59 Å². The Labute approximate surface area is 198 Å². The first-order valence-electron chi connectivity index (χ1n) is 11.5. The number of hydrogen-bond acceptors (Lipinski definition) is 3. The summed E-state index contributed by atoms with van der Waals surface area (Å²) in [4.78, 5) is 25.2. The molecule has 34 heavy (non-hydrogen) atoms. The molecule has 2 N–H and O–H groups in total. The van der Waals surface area contributed by atoms with E-state index in [0.29, 0.717) is 18.9 Å². The normalized spacial score (nSPS) is 12.0.